The SMILES string of the molecule is COc1cc(/C=C2/C(=N)N3N=C(c4ccccc4Cl)SC3=NC2=O)cc(Cl)c1OCCOc1ccccc1. The quantitative estimate of drug-likeness (QED) is 0.260. The van der Waals surface area contributed by atoms with E-state index in [0.29, 0.717) is 44.5 Å². The lowest BCUT2D eigenvalue weighted by molar-refractivity contribution is -0.114. The van der Waals surface area contributed by atoms with E-state index in [2.05, 4.69) is 10.1 Å². The molecule has 0 aliphatic carbocycles. The van der Waals surface area contributed by atoms with Crippen LogP contribution in [0.4, 0.5) is 0 Å². The summed E-state index contributed by atoms with van der Waals surface area (Å²) in [5.41, 5.74) is 1.29. The van der Waals surface area contributed by atoms with E-state index in [1.54, 1.807) is 18.2 Å². The fourth-order valence-electron chi connectivity index (χ4n) is 3.69. The number of hydrazone groups is 1. The summed E-state index contributed by atoms with van der Waals surface area (Å²) in [4.78, 5) is 17.0. The first-order valence-electron chi connectivity index (χ1n) is 11.4. The fourth-order valence-corrected chi connectivity index (χ4v) is 5.17. The van der Waals surface area contributed by atoms with Crippen molar-refractivity contribution in [3.8, 4) is 17.2 Å². The fraction of sp³-hybridized carbons (Fsp3) is 0.111. The molecular weight excluding hydrogens is 547 g/mol. The highest BCUT2D eigenvalue weighted by molar-refractivity contribution is 8.27. The molecule has 38 heavy (non-hydrogen) atoms. The van der Waals surface area contributed by atoms with Crippen LogP contribution in [-0.4, -0.2) is 47.3 Å². The molecule has 0 saturated carbocycles. The number of nitrogens with one attached hydrogen (secondary N) is 1. The van der Waals surface area contributed by atoms with E-state index < -0.39 is 5.91 Å². The number of amidine groups is 2. The van der Waals surface area contributed by atoms with Crippen molar-refractivity contribution in [3.05, 3.63) is 93.5 Å². The molecule has 1 amide bonds. The molecule has 2 heterocycles. The van der Waals surface area contributed by atoms with Crippen LogP contribution in [0, 0.1) is 5.41 Å². The molecule has 0 atom stereocenters. The van der Waals surface area contributed by atoms with E-state index in [1.165, 1.54) is 30.0 Å². The van der Waals surface area contributed by atoms with E-state index in [4.69, 9.17) is 42.8 Å². The van der Waals surface area contributed by atoms with Crippen molar-refractivity contribution in [1.82, 2.24) is 5.01 Å². The molecule has 2 aliphatic rings. The third-order valence-electron chi connectivity index (χ3n) is 5.46. The monoisotopic (exact) mass is 566 g/mol. The second kappa shape index (κ2) is 11.3. The average molecular weight is 567 g/mol. The number of amides is 1. The average Bonchev–Trinajstić information content (AvgIpc) is 3.34. The first-order valence-corrected chi connectivity index (χ1v) is 12.9. The second-order valence-corrected chi connectivity index (χ2v) is 9.72. The topological polar surface area (TPSA) is 96.6 Å². The summed E-state index contributed by atoms with van der Waals surface area (Å²) < 4.78 is 16.9. The smallest absolute Gasteiger partial charge is 0.283 e. The lowest BCUT2D eigenvalue weighted by Crippen LogP contribution is -2.35. The van der Waals surface area contributed by atoms with Gasteiger partial charge in [-0.05, 0) is 53.7 Å². The standard InChI is InChI=1S/C27H20Cl2N4O4S/c1-35-22-15-16(14-21(29)23(22)37-12-11-36-17-7-3-2-4-8-17)13-19-24(30)33-27(31-25(19)34)38-26(32-33)18-9-5-6-10-20(18)28/h2-10,13-15,30H,11-12H2,1H3/b19-13-,30-24?. The number of ether oxygens (including phenoxy) is 3. The van der Waals surface area contributed by atoms with Gasteiger partial charge in [-0.25, -0.2) is 0 Å². The molecule has 192 valence electrons. The molecule has 0 fully saturated rings. The van der Waals surface area contributed by atoms with Gasteiger partial charge in [-0.15, -0.1) is 0 Å². The molecule has 3 aromatic rings. The van der Waals surface area contributed by atoms with Crippen LogP contribution < -0.4 is 14.2 Å². The number of carbonyl (C=O) groups is 1. The minimum atomic E-state index is -0.558. The van der Waals surface area contributed by atoms with Gasteiger partial charge < -0.3 is 14.2 Å². The minimum Gasteiger partial charge on any atom is -0.493 e. The normalized spacial score (nSPS) is 15.8. The summed E-state index contributed by atoms with van der Waals surface area (Å²) in [6.07, 6.45) is 1.52. The van der Waals surface area contributed by atoms with Gasteiger partial charge in [-0.3, -0.25) is 10.2 Å². The number of rotatable bonds is 8. The van der Waals surface area contributed by atoms with Crippen LogP contribution in [0.3, 0.4) is 0 Å². The van der Waals surface area contributed by atoms with E-state index in [1.807, 2.05) is 48.5 Å². The number of hydrogen-bond donors (Lipinski definition) is 1. The number of carbonyl (C=O) groups excluding carboxylic acids is 1. The van der Waals surface area contributed by atoms with Crippen LogP contribution in [-0.2, 0) is 4.79 Å². The summed E-state index contributed by atoms with van der Waals surface area (Å²) in [7, 11) is 1.49. The summed E-state index contributed by atoms with van der Waals surface area (Å²) in [6, 6.07) is 19.9. The molecule has 3 aromatic carbocycles. The lowest BCUT2D eigenvalue weighted by Gasteiger charge is -2.20. The molecule has 2 aliphatic heterocycles. The molecule has 11 heteroatoms. The zero-order valence-corrected chi connectivity index (χ0v) is 22.3. The number of benzene rings is 3. The Morgan fingerprint density at radius 1 is 1.00 bits per heavy atom. The van der Waals surface area contributed by atoms with E-state index in [-0.39, 0.29) is 23.0 Å². The number of para-hydroxylation sites is 1. The molecule has 0 radical (unpaired) electrons. The van der Waals surface area contributed by atoms with Crippen LogP contribution in [0.5, 0.6) is 17.2 Å². The van der Waals surface area contributed by atoms with Gasteiger partial charge in [0.05, 0.1) is 22.7 Å². The summed E-state index contributed by atoms with van der Waals surface area (Å²) >= 11 is 14.0. The van der Waals surface area contributed by atoms with E-state index in [9.17, 15) is 4.79 Å². The van der Waals surface area contributed by atoms with Crippen molar-refractivity contribution >= 4 is 63.0 Å². The first kappa shape index (κ1) is 25.8. The van der Waals surface area contributed by atoms with Crippen LogP contribution >= 0.6 is 35.0 Å². The van der Waals surface area contributed by atoms with E-state index >= 15 is 0 Å². The second-order valence-electron chi connectivity index (χ2n) is 7.95. The number of halogens is 2. The van der Waals surface area contributed by atoms with Crippen molar-refractivity contribution < 1.29 is 19.0 Å². The molecule has 0 spiro atoms. The number of nitrogens with zero attached hydrogens (tertiary/aromatic N) is 3. The third-order valence-corrected chi connectivity index (χ3v) is 7.02. The number of hydrogen-bond acceptors (Lipinski definition) is 7. The zero-order chi connectivity index (χ0) is 26.6. The Labute approximate surface area is 233 Å². The van der Waals surface area contributed by atoms with Gasteiger partial charge in [-0.2, -0.15) is 15.1 Å². The first-order chi connectivity index (χ1) is 18.4. The Kier molecular flexibility index (Phi) is 7.69. The summed E-state index contributed by atoms with van der Waals surface area (Å²) in [5.74, 6) is 0.796. The highest BCUT2D eigenvalue weighted by Crippen LogP contribution is 2.38. The van der Waals surface area contributed by atoms with Crippen LogP contribution in [0.15, 0.2) is 82.4 Å². The molecule has 0 unspecified atom stereocenters. The van der Waals surface area contributed by atoms with Gasteiger partial charge in [0, 0.05) is 5.56 Å². The van der Waals surface area contributed by atoms with Crippen molar-refractivity contribution in [2.45, 2.75) is 0 Å². The van der Waals surface area contributed by atoms with Gasteiger partial charge >= 0.3 is 0 Å². The molecule has 0 bridgehead atoms. The lowest BCUT2D eigenvalue weighted by atomic mass is 10.1. The van der Waals surface area contributed by atoms with Crippen molar-refractivity contribution in [3.63, 3.8) is 0 Å². The van der Waals surface area contributed by atoms with Crippen LogP contribution in [0.25, 0.3) is 6.08 Å². The minimum absolute atomic E-state index is 0.0570. The summed E-state index contributed by atoms with van der Waals surface area (Å²) in [6.45, 7) is 0.552. The molecule has 0 saturated heterocycles. The predicted molar refractivity (Wildman–Crippen MR) is 151 cm³/mol. The van der Waals surface area contributed by atoms with E-state index in [0.717, 1.165) is 5.75 Å². The predicted octanol–water partition coefficient (Wildman–Crippen LogP) is 6.13. The molecule has 0 aromatic heterocycles. The largest absolute Gasteiger partial charge is 0.493 e. The highest BCUT2D eigenvalue weighted by atomic mass is 35.5. The van der Waals surface area contributed by atoms with Gasteiger partial charge in [0.25, 0.3) is 5.91 Å². The van der Waals surface area contributed by atoms with Gasteiger partial charge in [-0.1, -0.05) is 59.6 Å². The number of methoxy groups -OCH3 is 1. The van der Waals surface area contributed by atoms with Crippen molar-refractivity contribution in [1.29, 1.82) is 5.41 Å². The Balaban J connectivity index is 1.34. The third kappa shape index (κ3) is 5.40. The van der Waals surface area contributed by atoms with Crippen molar-refractivity contribution in [2.75, 3.05) is 20.3 Å². The highest BCUT2D eigenvalue weighted by Gasteiger charge is 2.36. The van der Waals surface area contributed by atoms with Gasteiger partial charge in [0.1, 0.15) is 24.0 Å². The molecular formula is C27H20Cl2N4O4S. The van der Waals surface area contributed by atoms with Gasteiger partial charge in [0.2, 0.25) is 5.17 Å². The zero-order valence-electron chi connectivity index (χ0n) is 20.0. The van der Waals surface area contributed by atoms with Crippen LogP contribution in [0.2, 0.25) is 10.0 Å². The molecule has 5 rings (SSSR count). The van der Waals surface area contributed by atoms with Gasteiger partial charge in [0.15, 0.2) is 17.3 Å². The number of thioether (sulfide) groups is 1. The maximum Gasteiger partial charge on any atom is 0.283 e. The molecule has 1 N–H and O–H groups in total. The maximum atomic E-state index is 12.8. The summed E-state index contributed by atoms with van der Waals surface area (Å²) in [5, 5.41) is 16.1. The Morgan fingerprint density at radius 2 is 1.74 bits per heavy atom. The number of fused-ring (bicyclic) bond motifs is 1. The Bertz CT molecular complexity index is 1510. The van der Waals surface area contributed by atoms with Crippen molar-refractivity contribution in [2.24, 2.45) is 10.1 Å². The van der Waals surface area contributed by atoms with Crippen LogP contribution in [0.1, 0.15) is 11.1 Å². The Morgan fingerprint density at radius 3 is 2.50 bits per heavy atom. The Hall–Kier alpha value is -3.79. The number of aliphatic imine (C=N–C) groups is 1. The molecule has 8 nitrogen and oxygen atoms in total. The maximum absolute atomic E-state index is 12.8.